The molecule has 2 N–H and O–H groups in total. The average molecular weight is 1660 g/mol. The van der Waals surface area contributed by atoms with E-state index in [2.05, 4.69) is 236 Å². The first-order chi connectivity index (χ1) is 58.7. The Kier molecular flexibility index (Phi) is 35.4. The van der Waals surface area contributed by atoms with Crippen LogP contribution in [0.25, 0.3) is 53.4 Å². The lowest BCUT2D eigenvalue weighted by Gasteiger charge is -2.26. The van der Waals surface area contributed by atoms with Crippen LogP contribution in [0.4, 0.5) is 0 Å². The number of rotatable bonds is 33. The number of allylic oxidation sites excluding steroid dienone is 2. The van der Waals surface area contributed by atoms with E-state index in [1.807, 2.05) is 111 Å². The molecule has 0 aliphatic carbocycles. The molecule has 120 heavy (non-hydrogen) atoms. The minimum Gasteiger partial charge on any atom is -0.508 e. The smallest absolute Gasteiger partial charge is 0.195 e. The fraction of sp³-hybridized carbons (Fsp3) is 0.236. The molecular weight excluding hydrogens is 1540 g/mol. The molecule has 0 saturated carbocycles. The highest BCUT2D eigenvalue weighted by atomic mass is 35.5. The van der Waals surface area contributed by atoms with Crippen molar-refractivity contribution in [1.29, 1.82) is 0 Å². The molecule has 0 amide bonds. The Bertz CT molecular complexity index is 5320. The molecule has 1 aromatic heterocycles. The number of alkyl halides is 1. The van der Waals surface area contributed by atoms with Gasteiger partial charge in [-0.3, -0.25) is 9.69 Å². The summed E-state index contributed by atoms with van der Waals surface area (Å²) in [7, 11) is 8.20. The van der Waals surface area contributed by atoms with Crippen molar-refractivity contribution in [3.05, 3.63) is 383 Å². The molecule has 2 heterocycles. The van der Waals surface area contributed by atoms with E-state index in [1.165, 1.54) is 86.3 Å². The number of carbonyl (C=O) groups is 1. The molecule has 1 aliphatic rings. The van der Waals surface area contributed by atoms with Gasteiger partial charge in [0.2, 0.25) is 0 Å². The van der Waals surface area contributed by atoms with E-state index in [0.717, 1.165) is 136 Å². The van der Waals surface area contributed by atoms with Gasteiger partial charge in [-0.2, -0.15) is 0 Å². The second kappa shape index (κ2) is 47.5. The minimum absolute atomic E-state index is 0.0834. The van der Waals surface area contributed by atoms with Crippen LogP contribution >= 0.6 is 34.5 Å². The standard InChI is InChI=1S/C28H27NO4S.2C26H28ClNO.C26H29NO/c30-21-8-4-20(5-9-21)28-26(24-13-10-22(31)18-25(24)34-28)27(32)19-6-11-23(12-7-19)33-17-16-29-14-2-1-3-15-29;1-28(2)19-20-29-24-15-13-23(14-16-24)26(22-11-7-4-8-12-22)25(17-18-27)21-9-5-3-6-10-21;1-3-28(4-2)19-20-29-24-17-15-22(16-18-24)25(21-11-7-5-8-12-21)26(27)23-13-9-6-10-14-23;1-4-25(21-11-7-5-8-12-21)26(22-13-9-6-10-14-22)23-15-17-24(18-16-23)28-20-19-27(2)3/h4-13,18,30-31H,1-3,14-17H2;3-16H,17-20H2,1-2H3;5-18H,3-4,19-20H2,1-2H3;5-18H,4,19-20H2,1-3H3/b;2*26-25-;26-25+. The van der Waals surface area contributed by atoms with Gasteiger partial charge in [0.15, 0.2) is 5.78 Å². The summed E-state index contributed by atoms with van der Waals surface area (Å²) in [6, 6.07) is 107. The maximum absolute atomic E-state index is 13.6. The Hall–Kier alpha value is -11.3. The summed E-state index contributed by atoms with van der Waals surface area (Å²) in [5.41, 5.74) is 18.6. The van der Waals surface area contributed by atoms with Crippen LogP contribution in [-0.4, -0.2) is 148 Å². The number of piperidine rings is 1. The van der Waals surface area contributed by atoms with Crippen molar-refractivity contribution in [1.82, 2.24) is 19.6 Å². The van der Waals surface area contributed by atoms with Crippen molar-refractivity contribution in [3.63, 3.8) is 0 Å². The summed E-state index contributed by atoms with van der Waals surface area (Å²) in [6.45, 7) is 17.3. The monoisotopic (exact) mass is 1650 g/mol. The van der Waals surface area contributed by atoms with Gasteiger partial charge in [-0.1, -0.05) is 257 Å². The first kappa shape index (κ1) is 89.5. The lowest BCUT2D eigenvalue weighted by Crippen LogP contribution is -2.33. The van der Waals surface area contributed by atoms with Crippen LogP contribution in [0.2, 0.25) is 0 Å². The highest BCUT2D eigenvalue weighted by molar-refractivity contribution is 7.22. The Morgan fingerprint density at radius 1 is 0.400 bits per heavy atom. The predicted molar refractivity (Wildman–Crippen MR) is 505 cm³/mol. The molecule has 0 unspecified atom stereocenters. The van der Waals surface area contributed by atoms with Gasteiger partial charge < -0.3 is 43.9 Å². The van der Waals surface area contributed by atoms with Crippen molar-refractivity contribution in [2.45, 2.75) is 52.9 Å². The van der Waals surface area contributed by atoms with Crippen LogP contribution in [0, 0.1) is 0 Å². The quantitative estimate of drug-likeness (QED) is 0.0233. The van der Waals surface area contributed by atoms with Gasteiger partial charge in [0.25, 0.3) is 0 Å². The van der Waals surface area contributed by atoms with E-state index in [4.69, 9.17) is 42.1 Å². The molecule has 1 aliphatic heterocycles. The zero-order chi connectivity index (χ0) is 84.2. The van der Waals surface area contributed by atoms with Gasteiger partial charge >= 0.3 is 0 Å². The van der Waals surface area contributed by atoms with Gasteiger partial charge in [0.1, 0.15) is 60.9 Å². The summed E-state index contributed by atoms with van der Waals surface area (Å²) < 4.78 is 24.4. The highest BCUT2D eigenvalue weighted by Gasteiger charge is 2.24. The largest absolute Gasteiger partial charge is 0.508 e. The molecule has 13 aromatic rings. The minimum atomic E-state index is -0.0834. The molecule has 618 valence electrons. The predicted octanol–water partition coefficient (Wildman–Crippen LogP) is 24.8. The lowest BCUT2D eigenvalue weighted by molar-refractivity contribution is 0.104. The average Bonchev–Trinajstić information content (AvgIpc) is 1.62. The second-order valence-electron chi connectivity index (χ2n) is 29.8. The SMILES string of the molecule is CC/C(=C(/c1ccccc1)c1ccc(OCCN(C)C)cc1)c1ccccc1.CCN(CC)CCOc1ccc(/C(=C(\Cl)c2ccccc2)c2ccccc2)cc1.CN(C)CCOc1ccc(/C(=C(/CCCl)c2ccccc2)c2ccccc2)cc1.O=C(c1ccc(OCCN2CCCCC2)cc1)c1c(-c2ccc(O)cc2)sc2cc(O)ccc12. The molecule has 12 aromatic carbocycles. The fourth-order valence-corrected chi connectivity index (χ4v) is 16.2. The number of benzene rings is 12. The van der Waals surface area contributed by atoms with Crippen LogP contribution in [0.15, 0.2) is 322 Å². The van der Waals surface area contributed by atoms with Crippen LogP contribution in [0.3, 0.4) is 0 Å². The third kappa shape index (κ3) is 26.4. The molecule has 14 heteroatoms. The Labute approximate surface area is 725 Å². The molecule has 0 spiro atoms. The number of hydrogen-bond acceptors (Lipinski definition) is 12. The Morgan fingerprint density at radius 2 is 0.767 bits per heavy atom. The van der Waals surface area contributed by atoms with Crippen molar-refractivity contribution in [2.75, 3.05) is 113 Å². The zero-order valence-electron chi connectivity index (χ0n) is 70.2. The lowest BCUT2D eigenvalue weighted by atomic mass is 9.88. The molecule has 11 nitrogen and oxygen atoms in total. The van der Waals surface area contributed by atoms with E-state index in [0.29, 0.717) is 43.4 Å². The number of phenols is 2. The molecule has 1 fully saturated rings. The van der Waals surface area contributed by atoms with E-state index in [1.54, 1.807) is 42.5 Å². The number of hydrogen-bond donors (Lipinski definition) is 2. The number of thiophene rings is 1. The number of likely N-dealkylation sites (tertiary alicyclic amines) is 1. The van der Waals surface area contributed by atoms with Crippen molar-refractivity contribution in [2.24, 2.45) is 0 Å². The zero-order valence-corrected chi connectivity index (χ0v) is 72.5. The number of phenolic OH excluding ortho intramolecular Hbond substituents is 2. The number of likely N-dealkylation sites (N-methyl/N-ethyl adjacent to an activating group) is 3. The number of aromatic hydroxyl groups is 2. The molecule has 1 saturated heterocycles. The fourth-order valence-electron chi connectivity index (χ4n) is 14.4. The third-order valence-corrected chi connectivity index (χ3v) is 22.7. The third-order valence-electron chi connectivity index (χ3n) is 20.9. The van der Waals surface area contributed by atoms with E-state index in [-0.39, 0.29) is 17.3 Å². The molecule has 0 bridgehead atoms. The maximum atomic E-state index is 13.6. The molecular formula is C106H112Cl2N4O7S. The summed E-state index contributed by atoms with van der Waals surface area (Å²) in [4.78, 5) is 23.5. The number of ketones is 1. The van der Waals surface area contributed by atoms with Gasteiger partial charge in [-0.25, -0.2) is 0 Å². The van der Waals surface area contributed by atoms with Crippen LogP contribution in [0.1, 0.15) is 119 Å². The molecule has 0 atom stereocenters. The van der Waals surface area contributed by atoms with E-state index in [9.17, 15) is 15.0 Å². The van der Waals surface area contributed by atoms with Crippen molar-refractivity contribution < 1.29 is 34.0 Å². The summed E-state index contributed by atoms with van der Waals surface area (Å²) in [6.07, 6.45) is 5.62. The maximum Gasteiger partial charge on any atom is 0.195 e. The second-order valence-corrected chi connectivity index (χ2v) is 31.6. The van der Waals surface area contributed by atoms with Crippen LogP contribution < -0.4 is 18.9 Å². The van der Waals surface area contributed by atoms with Crippen LogP contribution in [0.5, 0.6) is 34.5 Å². The van der Waals surface area contributed by atoms with Gasteiger partial charge in [-0.05, 0) is 261 Å². The number of halogens is 2. The Morgan fingerprint density at radius 3 is 1.19 bits per heavy atom. The highest BCUT2D eigenvalue weighted by Crippen LogP contribution is 2.43. The van der Waals surface area contributed by atoms with Crippen molar-refractivity contribution >= 4 is 83.3 Å². The van der Waals surface area contributed by atoms with Gasteiger partial charge in [0.05, 0.1) is 5.03 Å². The summed E-state index contributed by atoms with van der Waals surface area (Å²) in [5, 5.41) is 21.2. The Balaban J connectivity index is 0.000000157. The first-order valence-corrected chi connectivity index (χ1v) is 43.4. The van der Waals surface area contributed by atoms with Crippen molar-refractivity contribution in [3.8, 4) is 44.9 Å². The van der Waals surface area contributed by atoms with Gasteiger partial charge in [0, 0.05) is 63.7 Å². The summed E-state index contributed by atoms with van der Waals surface area (Å²) >= 11 is 14.5. The van der Waals surface area contributed by atoms with E-state index >= 15 is 0 Å². The summed E-state index contributed by atoms with van der Waals surface area (Å²) in [5.74, 6) is 4.27. The normalized spacial score (nSPS) is 12.7. The molecule has 14 rings (SSSR count). The topological polar surface area (TPSA) is 107 Å². The molecule has 0 radical (unpaired) electrons. The van der Waals surface area contributed by atoms with E-state index < -0.39 is 0 Å². The first-order valence-electron chi connectivity index (χ1n) is 41.7. The number of nitrogens with zero attached hydrogens (tertiary/aromatic N) is 4. The number of fused-ring (bicyclic) bond motifs is 1. The number of carbonyl (C=O) groups excluding carboxylic acids is 1. The number of ether oxygens (including phenoxy) is 4. The van der Waals surface area contributed by atoms with Gasteiger partial charge in [-0.15, -0.1) is 22.9 Å². The van der Waals surface area contributed by atoms with Crippen LogP contribution in [-0.2, 0) is 0 Å².